The molecule has 1 unspecified atom stereocenters. The molecule has 0 radical (unpaired) electrons. The molecule has 380 valence electrons. The van der Waals surface area contributed by atoms with Crippen LogP contribution < -0.4 is 14.5 Å². The van der Waals surface area contributed by atoms with Gasteiger partial charge in [0.05, 0.1) is 23.1 Å². The van der Waals surface area contributed by atoms with Crippen molar-refractivity contribution in [1.29, 1.82) is 0 Å². The van der Waals surface area contributed by atoms with Crippen LogP contribution in [-0.2, 0) is 16.1 Å². The fourth-order valence-electron chi connectivity index (χ4n) is 12.1. The van der Waals surface area contributed by atoms with Crippen LogP contribution in [-0.4, -0.2) is 142 Å². The molecule has 4 saturated heterocycles. The highest BCUT2D eigenvalue weighted by molar-refractivity contribution is 5.83. The number of rotatable bonds is 12. The van der Waals surface area contributed by atoms with Gasteiger partial charge in [0.1, 0.15) is 11.3 Å². The Labute approximate surface area is 424 Å². The van der Waals surface area contributed by atoms with Crippen molar-refractivity contribution >= 4 is 34.4 Å². The Morgan fingerprint density at radius 1 is 0.625 bits per heavy atom. The molecular weight excluding hydrogens is 904 g/mol. The van der Waals surface area contributed by atoms with Gasteiger partial charge in [-0.1, -0.05) is 36.4 Å². The number of piperazine rings is 2. The van der Waals surface area contributed by atoms with Gasteiger partial charge >= 0.3 is 6.09 Å². The number of halogens is 1. The maximum Gasteiger partial charge on any atom is 0.410 e. The molecule has 0 bridgehead atoms. The van der Waals surface area contributed by atoms with Gasteiger partial charge in [-0.2, -0.15) is 5.10 Å². The lowest BCUT2D eigenvalue weighted by Crippen LogP contribution is -2.51. The largest absolute Gasteiger partial charge is 0.440 e. The first kappa shape index (κ1) is 48.3. The van der Waals surface area contributed by atoms with Gasteiger partial charge in [0.15, 0.2) is 12.3 Å². The number of benzene rings is 2. The molecule has 4 aliphatic heterocycles. The number of ether oxygens (including phenoxy) is 1. The van der Waals surface area contributed by atoms with E-state index < -0.39 is 6.10 Å². The van der Waals surface area contributed by atoms with Crippen LogP contribution in [0.3, 0.4) is 0 Å². The van der Waals surface area contributed by atoms with Gasteiger partial charge in [0.25, 0.3) is 0 Å². The standard InChI is InChI=1S/C58H74FN10O3/c1-40(2)61-21-15-45(16-22-61)43-6-8-44(9-7-43)49-35-55-53(14-20-60-68(55)38-49)63-28-32-66(33-29-63)58(71)72-42(5)37-67-25-19-54(64-26-30-65(31-27-64)57(70)47-10-11-47)56-36-50(39-69(56)67)48-12-13-51(52(59)34-48)46-17-23-62(24-18-46)41(3)4/h6-9,12-14,19-20,25,34-36,38-42,45-47H,10-11,15-18,21-24,26-33,37H2,1-5H3/q+1. The molecule has 0 N–H and O–H groups in total. The third kappa shape index (κ3) is 10.1. The Balaban J connectivity index is 0.751. The topological polar surface area (TPSA) is 88.4 Å². The number of carbonyl (C=O) groups excluding carboxylic acids is 2. The van der Waals surface area contributed by atoms with Gasteiger partial charge in [-0.3, -0.25) is 4.79 Å². The molecule has 14 heteroatoms. The van der Waals surface area contributed by atoms with Crippen molar-refractivity contribution in [3.8, 4) is 22.3 Å². The molecule has 5 fully saturated rings. The first-order chi connectivity index (χ1) is 34.9. The SMILES string of the molecule is CC(C[n+]1ccc(N2CCN(C(=O)C3CC3)CC2)c2cc(-c3ccc(C4CCN(C(C)C)CC4)c(F)c3)cn21)OC(=O)N1CCN(c2ccnn3cc(-c4ccc(C5CCN(C(C)C)CC5)cc4)cc23)CC1. The second-order valence-corrected chi connectivity index (χ2v) is 22.0. The first-order valence-electron chi connectivity index (χ1n) is 27.1. The second kappa shape index (κ2) is 20.5. The summed E-state index contributed by atoms with van der Waals surface area (Å²) in [6.45, 7) is 21.1. The Morgan fingerprint density at radius 2 is 1.21 bits per heavy atom. The maximum absolute atomic E-state index is 16.1. The van der Waals surface area contributed by atoms with Gasteiger partial charge in [-0.05, 0) is 158 Å². The van der Waals surface area contributed by atoms with Crippen LogP contribution in [0.25, 0.3) is 33.3 Å². The Hall–Kier alpha value is -5.99. The van der Waals surface area contributed by atoms with Crippen molar-refractivity contribution in [2.75, 3.05) is 88.3 Å². The summed E-state index contributed by atoms with van der Waals surface area (Å²) in [5.41, 5.74) is 10.5. The number of likely N-dealkylation sites (tertiary alicyclic amines) is 2. The van der Waals surface area contributed by atoms with E-state index in [0.29, 0.717) is 69.7 Å². The Kier molecular flexibility index (Phi) is 13.7. The van der Waals surface area contributed by atoms with E-state index >= 15 is 4.39 Å². The smallest absolute Gasteiger partial charge is 0.410 e. The molecule has 0 spiro atoms. The summed E-state index contributed by atoms with van der Waals surface area (Å²) in [5.74, 6) is 1.20. The van der Waals surface area contributed by atoms with Crippen LogP contribution in [0.15, 0.2) is 91.5 Å². The van der Waals surface area contributed by atoms with Gasteiger partial charge in [0.2, 0.25) is 12.5 Å². The zero-order valence-electron chi connectivity index (χ0n) is 43.1. The van der Waals surface area contributed by atoms with Crippen LogP contribution in [0.4, 0.5) is 20.6 Å². The summed E-state index contributed by atoms with van der Waals surface area (Å²) < 4.78 is 28.4. The highest BCUT2D eigenvalue weighted by atomic mass is 19.1. The highest BCUT2D eigenvalue weighted by Gasteiger charge is 2.36. The van der Waals surface area contributed by atoms with Crippen molar-refractivity contribution in [1.82, 2.24) is 33.7 Å². The van der Waals surface area contributed by atoms with E-state index in [9.17, 15) is 9.59 Å². The minimum atomic E-state index is -0.429. The van der Waals surface area contributed by atoms with E-state index in [1.807, 2.05) is 33.5 Å². The van der Waals surface area contributed by atoms with E-state index in [0.717, 1.165) is 110 Å². The van der Waals surface area contributed by atoms with Crippen molar-refractivity contribution in [2.45, 2.75) is 110 Å². The van der Waals surface area contributed by atoms with Gasteiger partial charge < -0.3 is 34.1 Å². The number of fused-ring (bicyclic) bond motifs is 2. The quantitative estimate of drug-likeness (QED) is 0.113. The molecule has 2 aromatic carbocycles. The molecule has 8 heterocycles. The van der Waals surface area contributed by atoms with Crippen molar-refractivity contribution in [2.24, 2.45) is 5.92 Å². The Bertz CT molecular complexity index is 2880. The summed E-state index contributed by atoms with van der Waals surface area (Å²) in [6, 6.07) is 24.7. The van der Waals surface area contributed by atoms with Crippen molar-refractivity contribution < 1.29 is 23.4 Å². The minimum absolute atomic E-state index is 0.144. The molecule has 5 aliphatic rings. The number of nitrogens with zero attached hydrogens (tertiary/aromatic N) is 10. The molecule has 4 aromatic heterocycles. The average Bonchev–Trinajstić information content (AvgIpc) is 4.00. The lowest BCUT2D eigenvalue weighted by Gasteiger charge is -2.36. The number of piperidine rings is 2. The first-order valence-corrected chi connectivity index (χ1v) is 27.1. The van der Waals surface area contributed by atoms with E-state index in [1.54, 1.807) is 6.07 Å². The highest BCUT2D eigenvalue weighted by Crippen LogP contribution is 2.37. The number of anilines is 2. The predicted molar refractivity (Wildman–Crippen MR) is 282 cm³/mol. The normalized spacial score (nSPS) is 19.6. The van der Waals surface area contributed by atoms with Gasteiger partial charge in [0, 0.05) is 99.9 Å². The molecule has 2 amide bonds. The monoisotopic (exact) mass is 978 g/mol. The number of hydrogen-bond donors (Lipinski definition) is 0. The van der Waals surface area contributed by atoms with Crippen LogP contribution in [0.1, 0.15) is 96.1 Å². The third-order valence-electron chi connectivity index (χ3n) is 16.7. The molecular formula is C58H74FN10O3+. The van der Waals surface area contributed by atoms with Crippen molar-refractivity contribution in [3.63, 3.8) is 0 Å². The molecule has 6 aromatic rings. The van der Waals surface area contributed by atoms with Crippen LogP contribution in [0, 0.1) is 11.7 Å². The molecule has 1 saturated carbocycles. The van der Waals surface area contributed by atoms with Crippen molar-refractivity contribution in [3.05, 3.63) is 108 Å². The van der Waals surface area contributed by atoms with E-state index in [4.69, 9.17) is 4.74 Å². The predicted octanol–water partition coefficient (Wildman–Crippen LogP) is 8.93. The molecule has 11 rings (SSSR count). The summed E-state index contributed by atoms with van der Waals surface area (Å²) >= 11 is 0. The molecule has 13 nitrogen and oxygen atoms in total. The number of carbonyl (C=O) groups is 2. The summed E-state index contributed by atoms with van der Waals surface area (Å²) in [7, 11) is 0. The lowest BCUT2D eigenvalue weighted by atomic mass is 9.88. The molecule has 1 atom stereocenters. The molecule has 1 aliphatic carbocycles. The van der Waals surface area contributed by atoms with E-state index in [2.05, 4.69) is 135 Å². The molecule has 72 heavy (non-hydrogen) atoms. The number of amides is 2. The van der Waals surface area contributed by atoms with E-state index in [1.165, 1.54) is 24.0 Å². The third-order valence-corrected chi connectivity index (χ3v) is 16.7. The summed E-state index contributed by atoms with van der Waals surface area (Å²) in [6.07, 6.45) is 13.7. The maximum atomic E-state index is 16.1. The van der Waals surface area contributed by atoms with Crippen LogP contribution >= 0.6 is 0 Å². The summed E-state index contributed by atoms with van der Waals surface area (Å²) in [5, 5.41) is 4.68. The fraction of sp³-hybridized carbons (Fsp3) is 0.517. The Morgan fingerprint density at radius 3 is 1.83 bits per heavy atom. The zero-order chi connectivity index (χ0) is 49.6. The van der Waals surface area contributed by atoms with Crippen LogP contribution in [0.5, 0.6) is 0 Å². The second-order valence-electron chi connectivity index (χ2n) is 22.0. The van der Waals surface area contributed by atoms with Gasteiger partial charge in [-0.15, -0.1) is 9.20 Å². The minimum Gasteiger partial charge on any atom is -0.440 e. The number of aromatic nitrogens is 4. The zero-order valence-corrected chi connectivity index (χ0v) is 43.1. The van der Waals surface area contributed by atoms with Gasteiger partial charge in [-0.25, -0.2) is 13.7 Å². The summed E-state index contributed by atoms with van der Waals surface area (Å²) in [4.78, 5) is 40.4. The fourth-order valence-corrected chi connectivity index (χ4v) is 12.1. The van der Waals surface area contributed by atoms with Crippen LogP contribution in [0.2, 0.25) is 0 Å². The lowest BCUT2D eigenvalue weighted by molar-refractivity contribution is -0.768. The number of hydrogen-bond acceptors (Lipinski definition) is 8. The average molecular weight is 978 g/mol. The van der Waals surface area contributed by atoms with E-state index in [-0.39, 0.29) is 23.7 Å².